The van der Waals surface area contributed by atoms with Crippen LogP contribution in [-0.4, -0.2) is 25.1 Å². The third-order valence-electron chi connectivity index (χ3n) is 5.10. The van der Waals surface area contributed by atoms with Crippen molar-refractivity contribution in [2.24, 2.45) is 0 Å². The summed E-state index contributed by atoms with van der Waals surface area (Å²) in [5, 5.41) is 5.59. The minimum Gasteiger partial charge on any atom is -0.298 e. The van der Waals surface area contributed by atoms with Gasteiger partial charge in [-0.05, 0) is 22.9 Å². The number of rotatable bonds is 4. The topological polar surface area (TPSA) is 76.1 Å². The summed E-state index contributed by atoms with van der Waals surface area (Å²) < 4.78 is 24.7. The number of carbonyl (C=O) groups is 1. The van der Waals surface area contributed by atoms with E-state index in [2.05, 4.69) is 28.5 Å². The van der Waals surface area contributed by atoms with Crippen molar-refractivity contribution in [3.63, 3.8) is 0 Å². The Hall–Kier alpha value is -3.03. The van der Waals surface area contributed by atoms with Crippen LogP contribution in [0.1, 0.15) is 17.3 Å². The molecule has 1 heterocycles. The number of sulfone groups is 1. The Morgan fingerprint density at radius 2 is 1.72 bits per heavy atom. The van der Waals surface area contributed by atoms with Gasteiger partial charge in [-0.1, -0.05) is 66.8 Å². The Morgan fingerprint density at radius 1 is 1.00 bits per heavy atom. The van der Waals surface area contributed by atoms with E-state index < -0.39 is 15.7 Å². The molecule has 29 heavy (non-hydrogen) atoms. The lowest BCUT2D eigenvalue weighted by Gasteiger charge is -2.08. The average molecular weight is 421 g/mol. The first-order valence-electron chi connectivity index (χ1n) is 9.16. The molecular weight excluding hydrogens is 404 g/mol. The number of anilines is 1. The molecule has 0 spiro atoms. The molecule has 7 heteroatoms. The number of thiazole rings is 1. The Bertz CT molecular complexity index is 1350. The Kier molecular flexibility index (Phi) is 4.04. The monoisotopic (exact) mass is 420 g/mol. The highest BCUT2D eigenvalue weighted by atomic mass is 32.2. The van der Waals surface area contributed by atoms with Crippen molar-refractivity contribution < 1.29 is 13.2 Å². The summed E-state index contributed by atoms with van der Waals surface area (Å²) >= 11 is 1.40. The third-order valence-corrected chi connectivity index (χ3v) is 7.89. The molecular formula is C22H16N2O3S2. The van der Waals surface area contributed by atoms with Gasteiger partial charge in [0.2, 0.25) is 0 Å². The van der Waals surface area contributed by atoms with Crippen molar-refractivity contribution >= 4 is 43.0 Å². The van der Waals surface area contributed by atoms with E-state index in [0.717, 1.165) is 27.1 Å². The lowest BCUT2D eigenvalue weighted by atomic mass is 10.0. The predicted octanol–water partition coefficient (Wildman–Crippen LogP) is 4.99. The fourth-order valence-corrected chi connectivity index (χ4v) is 5.81. The van der Waals surface area contributed by atoms with Gasteiger partial charge in [-0.15, -0.1) is 0 Å². The molecule has 1 aliphatic rings. The SMILES string of the molecule is CCS(=O)(=O)c1ccccc1C(=O)Nc1nc2c(s1)-c1cccc3cccc-2c13. The molecule has 4 aromatic rings. The standard InChI is InChI=1S/C22H16N2O3S2/c1-2-29(26,27)17-12-4-3-9-14(17)21(25)24-22-23-19-15-10-5-7-13-8-6-11-16(18(13)15)20(19)28-22/h3-12H,2H2,1H3,(H,23,24,25). The van der Waals surface area contributed by atoms with E-state index in [9.17, 15) is 13.2 Å². The van der Waals surface area contributed by atoms with Crippen LogP contribution in [0.2, 0.25) is 0 Å². The first-order chi connectivity index (χ1) is 14.0. The largest absolute Gasteiger partial charge is 0.298 e. The average Bonchev–Trinajstić information content (AvgIpc) is 3.27. The van der Waals surface area contributed by atoms with E-state index in [0.29, 0.717) is 5.13 Å². The van der Waals surface area contributed by atoms with Crippen LogP contribution >= 0.6 is 11.3 Å². The van der Waals surface area contributed by atoms with Crippen LogP contribution in [-0.2, 0) is 9.84 Å². The molecule has 1 aliphatic carbocycles. The molecule has 0 aliphatic heterocycles. The van der Waals surface area contributed by atoms with Crippen LogP contribution in [0.3, 0.4) is 0 Å². The van der Waals surface area contributed by atoms with E-state index in [1.807, 2.05) is 18.2 Å². The van der Waals surface area contributed by atoms with Crippen LogP contribution in [0.15, 0.2) is 65.6 Å². The molecule has 5 rings (SSSR count). The first-order valence-corrected chi connectivity index (χ1v) is 11.6. The number of hydrogen-bond donors (Lipinski definition) is 1. The molecule has 0 radical (unpaired) electrons. The maximum absolute atomic E-state index is 12.9. The molecule has 1 amide bonds. The van der Waals surface area contributed by atoms with Gasteiger partial charge < -0.3 is 0 Å². The second-order valence-electron chi connectivity index (χ2n) is 6.76. The number of nitrogens with one attached hydrogen (secondary N) is 1. The van der Waals surface area contributed by atoms with Crippen LogP contribution in [0.4, 0.5) is 5.13 Å². The minimum absolute atomic E-state index is 0.0409. The molecule has 3 aromatic carbocycles. The molecule has 0 saturated carbocycles. The van der Waals surface area contributed by atoms with Gasteiger partial charge in [-0.2, -0.15) is 0 Å². The van der Waals surface area contributed by atoms with Gasteiger partial charge in [-0.3, -0.25) is 10.1 Å². The van der Waals surface area contributed by atoms with E-state index in [4.69, 9.17) is 0 Å². The summed E-state index contributed by atoms with van der Waals surface area (Å²) in [4.78, 5) is 18.6. The predicted molar refractivity (Wildman–Crippen MR) is 116 cm³/mol. The van der Waals surface area contributed by atoms with E-state index in [1.165, 1.54) is 28.9 Å². The summed E-state index contributed by atoms with van der Waals surface area (Å²) in [6.45, 7) is 1.56. The molecule has 0 saturated heterocycles. The third kappa shape index (κ3) is 2.77. The second-order valence-corrected chi connectivity index (χ2v) is 10.0. The highest BCUT2D eigenvalue weighted by Gasteiger charge is 2.27. The van der Waals surface area contributed by atoms with Gasteiger partial charge in [0.05, 0.1) is 26.8 Å². The maximum Gasteiger partial charge on any atom is 0.258 e. The molecule has 1 aromatic heterocycles. The smallest absolute Gasteiger partial charge is 0.258 e. The number of amides is 1. The van der Waals surface area contributed by atoms with E-state index >= 15 is 0 Å². The van der Waals surface area contributed by atoms with Crippen molar-refractivity contribution in [2.45, 2.75) is 11.8 Å². The highest BCUT2D eigenvalue weighted by molar-refractivity contribution is 7.91. The normalized spacial score (nSPS) is 12.2. The Balaban J connectivity index is 1.53. The second kappa shape index (κ2) is 6.50. The molecule has 0 bridgehead atoms. The van der Waals surface area contributed by atoms with Gasteiger partial charge in [-0.25, -0.2) is 13.4 Å². The molecule has 0 fully saturated rings. The van der Waals surface area contributed by atoms with Gasteiger partial charge in [0.15, 0.2) is 15.0 Å². The summed E-state index contributed by atoms with van der Waals surface area (Å²) in [7, 11) is -3.51. The zero-order valence-electron chi connectivity index (χ0n) is 15.5. The van der Waals surface area contributed by atoms with Crippen molar-refractivity contribution in [3.05, 3.63) is 66.2 Å². The van der Waals surface area contributed by atoms with Crippen molar-refractivity contribution in [1.29, 1.82) is 0 Å². The number of aromatic nitrogens is 1. The maximum atomic E-state index is 12.9. The lowest BCUT2D eigenvalue weighted by molar-refractivity contribution is 0.102. The number of benzene rings is 3. The van der Waals surface area contributed by atoms with Crippen LogP contribution in [0.5, 0.6) is 0 Å². The van der Waals surface area contributed by atoms with Crippen LogP contribution in [0.25, 0.3) is 32.5 Å². The minimum atomic E-state index is -3.51. The quantitative estimate of drug-likeness (QED) is 0.444. The first kappa shape index (κ1) is 18.0. The van der Waals surface area contributed by atoms with Gasteiger partial charge in [0.25, 0.3) is 5.91 Å². The summed E-state index contributed by atoms with van der Waals surface area (Å²) in [5.41, 5.74) is 3.15. The number of nitrogens with zero attached hydrogens (tertiary/aromatic N) is 1. The Morgan fingerprint density at radius 3 is 2.48 bits per heavy atom. The summed E-state index contributed by atoms with van der Waals surface area (Å²) in [6.07, 6.45) is 0. The van der Waals surface area contributed by atoms with Gasteiger partial charge in [0.1, 0.15) is 0 Å². The fraction of sp³-hybridized carbons (Fsp3) is 0.0909. The van der Waals surface area contributed by atoms with Crippen LogP contribution in [0, 0.1) is 0 Å². The molecule has 0 unspecified atom stereocenters. The molecule has 1 N–H and O–H groups in total. The number of hydrogen-bond acceptors (Lipinski definition) is 5. The van der Waals surface area contributed by atoms with Crippen molar-refractivity contribution in [3.8, 4) is 21.7 Å². The highest BCUT2D eigenvalue weighted by Crippen LogP contribution is 2.50. The van der Waals surface area contributed by atoms with Crippen molar-refractivity contribution in [1.82, 2.24) is 4.98 Å². The lowest BCUT2D eigenvalue weighted by Crippen LogP contribution is -2.17. The fourth-order valence-electron chi connectivity index (χ4n) is 3.71. The molecule has 5 nitrogen and oxygen atoms in total. The van der Waals surface area contributed by atoms with E-state index in [1.54, 1.807) is 19.1 Å². The zero-order chi connectivity index (χ0) is 20.2. The van der Waals surface area contributed by atoms with Gasteiger partial charge >= 0.3 is 0 Å². The number of fused-ring (bicyclic) bond motifs is 3. The Labute approximate surface area is 172 Å². The number of carbonyl (C=O) groups excluding carboxylic acids is 1. The summed E-state index contributed by atoms with van der Waals surface area (Å²) in [5.74, 6) is -0.541. The molecule has 144 valence electrons. The molecule has 0 atom stereocenters. The van der Waals surface area contributed by atoms with E-state index in [-0.39, 0.29) is 16.2 Å². The van der Waals surface area contributed by atoms with Gasteiger partial charge in [0, 0.05) is 11.1 Å². The van der Waals surface area contributed by atoms with Crippen LogP contribution < -0.4 is 5.32 Å². The zero-order valence-corrected chi connectivity index (χ0v) is 17.1. The summed E-state index contributed by atoms with van der Waals surface area (Å²) in [6, 6.07) is 18.5. The van der Waals surface area contributed by atoms with Crippen molar-refractivity contribution in [2.75, 3.05) is 11.1 Å².